The van der Waals surface area contributed by atoms with Gasteiger partial charge in [-0.2, -0.15) is 0 Å². The molecule has 0 N–H and O–H groups in total. The number of hydrogen-bond donors (Lipinski definition) is 0. The minimum atomic E-state index is -0.206. The van der Waals surface area contributed by atoms with Crippen molar-refractivity contribution in [2.75, 3.05) is 0 Å². The smallest absolute Gasteiger partial charge is 0.0982 e. The molecule has 0 fully saturated rings. The molecule has 0 saturated heterocycles. The second kappa shape index (κ2) is 6.02. The Morgan fingerprint density at radius 2 is 0.938 bits per heavy atom. The van der Waals surface area contributed by atoms with E-state index < -0.39 is 0 Å². The highest BCUT2D eigenvalue weighted by atomic mass is 17.2. The number of rotatable bonds is 7. The highest BCUT2D eigenvalue weighted by Crippen LogP contribution is 2.26. The Hall–Kier alpha value is -0.0800. The molecule has 0 aliphatic carbocycles. The first-order valence-electron chi connectivity index (χ1n) is 6.41. The Morgan fingerprint density at radius 3 is 1.12 bits per heavy atom. The van der Waals surface area contributed by atoms with Gasteiger partial charge in [0.25, 0.3) is 0 Å². The molecule has 0 amide bonds. The van der Waals surface area contributed by atoms with Crippen LogP contribution in [-0.2, 0) is 9.78 Å². The Morgan fingerprint density at radius 1 is 0.688 bits per heavy atom. The maximum absolute atomic E-state index is 5.61. The van der Waals surface area contributed by atoms with Crippen molar-refractivity contribution in [1.82, 2.24) is 0 Å². The van der Waals surface area contributed by atoms with E-state index in [0.717, 1.165) is 12.8 Å². The summed E-state index contributed by atoms with van der Waals surface area (Å²) in [5.74, 6) is 1.23. The van der Waals surface area contributed by atoms with Gasteiger partial charge in [0.15, 0.2) is 0 Å². The van der Waals surface area contributed by atoms with Crippen LogP contribution in [0.5, 0.6) is 0 Å². The van der Waals surface area contributed by atoms with E-state index in [-0.39, 0.29) is 11.2 Å². The largest absolute Gasteiger partial charge is 0.230 e. The van der Waals surface area contributed by atoms with Gasteiger partial charge in [0.2, 0.25) is 0 Å². The topological polar surface area (TPSA) is 18.5 Å². The molecule has 2 heteroatoms. The second-order valence-corrected chi connectivity index (χ2v) is 6.88. The molecule has 0 atom stereocenters. The molecular formula is C14H30O2. The lowest BCUT2D eigenvalue weighted by Gasteiger charge is -2.32. The maximum Gasteiger partial charge on any atom is 0.0982 e. The quantitative estimate of drug-likeness (QED) is 0.470. The fraction of sp³-hybridized carbons (Fsp3) is 1.00. The molecule has 0 aromatic heterocycles. The van der Waals surface area contributed by atoms with Crippen LogP contribution in [0.1, 0.15) is 68.2 Å². The van der Waals surface area contributed by atoms with Crippen LogP contribution in [0.15, 0.2) is 0 Å². The third-order valence-electron chi connectivity index (χ3n) is 2.29. The zero-order valence-electron chi connectivity index (χ0n) is 12.4. The Kier molecular flexibility index (Phi) is 5.99. The molecule has 98 valence electrons. The van der Waals surface area contributed by atoms with Crippen LogP contribution in [0.2, 0.25) is 0 Å². The molecule has 0 bridgehead atoms. The predicted molar refractivity (Wildman–Crippen MR) is 69.2 cm³/mol. The van der Waals surface area contributed by atoms with E-state index in [9.17, 15) is 0 Å². The van der Waals surface area contributed by atoms with Gasteiger partial charge in [-0.25, -0.2) is 9.78 Å². The highest BCUT2D eigenvalue weighted by Gasteiger charge is 2.27. The summed E-state index contributed by atoms with van der Waals surface area (Å²) in [7, 11) is 0. The van der Waals surface area contributed by atoms with Crippen LogP contribution in [0.4, 0.5) is 0 Å². The lowest BCUT2D eigenvalue weighted by atomic mass is 9.96. The first-order chi connectivity index (χ1) is 7.04. The first-order valence-corrected chi connectivity index (χ1v) is 6.41. The lowest BCUT2D eigenvalue weighted by Crippen LogP contribution is -2.34. The van der Waals surface area contributed by atoms with E-state index >= 15 is 0 Å². The highest BCUT2D eigenvalue weighted by molar-refractivity contribution is 4.71. The molecule has 0 unspecified atom stereocenters. The van der Waals surface area contributed by atoms with E-state index in [1.54, 1.807) is 0 Å². The summed E-state index contributed by atoms with van der Waals surface area (Å²) < 4.78 is 0. The zero-order chi connectivity index (χ0) is 13.0. The SMILES string of the molecule is CC(C)CC(C)(C)OOC(C)(C)CC(C)C. The van der Waals surface area contributed by atoms with E-state index in [0.29, 0.717) is 11.8 Å². The average molecular weight is 230 g/mol. The Bertz CT molecular complexity index is 171. The first kappa shape index (κ1) is 15.9. The van der Waals surface area contributed by atoms with E-state index in [2.05, 4.69) is 55.4 Å². The average Bonchev–Trinajstić information content (AvgIpc) is 1.96. The minimum Gasteiger partial charge on any atom is -0.230 e. The van der Waals surface area contributed by atoms with Crippen molar-refractivity contribution in [2.24, 2.45) is 11.8 Å². The molecule has 0 saturated carbocycles. The van der Waals surface area contributed by atoms with Crippen LogP contribution in [-0.4, -0.2) is 11.2 Å². The van der Waals surface area contributed by atoms with Gasteiger partial charge >= 0.3 is 0 Å². The molecule has 2 nitrogen and oxygen atoms in total. The van der Waals surface area contributed by atoms with E-state index in [1.165, 1.54) is 0 Å². The fourth-order valence-corrected chi connectivity index (χ4v) is 2.26. The number of hydrogen-bond acceptors (Lipinski definition) is 2. The van der Waals surface area contributed by atoms with Gasteiger partial charge in [0.1, 0.15) is 0 Å². The molecule has 0 aromatic rings. The van der Waals surface area contributed by atoms with Gasteiger partial charge in [0, 0.05) is 0 Å². The second-order valence-electron chi connectivity index (χ2n) is 6.88. The van der Waals surface area contributed by atoms with E-state index in [1.807, 2.05) is 0 Å². The van der Waals surface area contributed by atoms with Gasteiger partial charge in [-0.3, -0.25) is 0 Å². The molecule has 16 heavy (non-hydrogen) atoms. The van der Waals surface area contributed by atoms with Crippen molar-refractivity contribution in [3.05, 3.63) is 0 Å². The molecule has 0 rings (SSSR count). The van der Waals surface area contributed by atoms with Crippen LogP contribution < -0.4 is 0 Å². The van der Waals surface area contributed by atoms with Gasteiger partial charge in [-0.1, -0.05) is 27.7 Å². The Labute approximate surface area is 102 Å². The lowest BCUT2D eigenvalue weighted by molar-refractivity contribution is -0.404. The summed E-state index contributed by atoms with van der Waals surface area (Å²) in [4.78, 5) is 11.2. The normalized spacial score (nSPS) is 13.9. The van der Waals surface area contributed by atoms with Crippen molar-refractivity contribution < 1.29 is 9.78 Å². The standard InChI is InChI=1S/C14H30O2/c1-11(2)9-13(5,6)15-16-14(7,8)10-12(3)4/h11-12H,9-10H2,1-8H3. The fourth-order valence-electron chi connectivity index (χ4n) is 2.26. The van der Waals surface area contributed by atoms with Crippen LogP contribution in [0.25, 0.3) is 0 Å². The minimum absolute atomic E-state index is 0.206. The molecular weight excluding hydrogens is 200 g/mol. The van der Waals surface area contributed by atoms with E-state index in [4.69, 9.17) is 9.78 Å². The van der Waals surface area contributed by atoms with Gasteiger partial charge < -0.3 is 0 Å². The molecule has 0 radical (unpaired) electrons. The molecule has 0 spiro atoms. The predicted octanol–water partition coefficient (Wildman–Crippen LogP) is 4.58. The summed E-state index contributed by atoms with van der Waals surface area (Å²) >= 11 is 0. The summed E-state index contributed by atoms with van der Waals surface area (Å²) in [6.45, 7) is 17.1. The summed E-state index contributed by atoms with van der Waals surface area (Å²) in [5.41, 5.74) is -0.412. The zero-order valence-corrected chi connectivity index (χ0v) is 12.4. The van der Waals surface area contributed by atoms with Gasteiger partial charge in [0.05, 0.1) is 11.2 Å². The van der Waals surface area contributed by atoms with Crippen molar-refractivity contribution in [3.63, 3.8) is 0 Å². The van der Waals surface area contributed by atoms with Gasteiger partial charge in [-0.05, 0) is 52.4 Å². The van der Waals surface area contributed by atoms with Crippen LogP contribution in [0.3, 0.4) is 0 Å². The molecule has 0 aromatic carbocycles. The van der Waals surface area contributed by atoms with Crippen molar-refractivity contribution in [3.8, 4) is 0 Å². The molecule has 0 aliphatic rings. The van der Waals surface area contributed by atoms with Crippen molar-refractivity contribution in [2.45, 2.75) is 79.4 Å². The summed E-state index contributed by atoms with van der Waals surface area (Å²) in [5, 5.41) is 0. The summed E-state index contributed by atoms with van der Waals surface area (Å²) in [6, 6.07) is 0. The Balaban J connectivity index is 4.11. The third-order valence-corrected chi connectivity index (χ3v) is 2.29. The van der Waals surface area contributed by atoms with Crippen LogP contribution >= 0.6 is 0 Å². The van der Waals surface area contributed by atoms with Crippen LogP contribution in [0, 0.1) is 11.8 Å². The maximum atomic E-state index is 5.61. The van der Waals surface area contributed by atoms with Crippen molar-refractivity contribution in [1.29, 1.82) is 0 Å². The summed E-state index contributed by atoms with van der Waals surface area (Å²) in [6.07, 6.45) is 2.01. The third kappa shape index (κ3) is 8.12. The molecule has 0 aliphatic heterocycles. The van der Waals surface area contributed by atoms with Crippen molar-refractivity contribution >= 4 is 0 Å². The monoisotopic (exact) mass is 230 g/mol. The van der Waals surface area contributed by atoms with Gasteiger partial charge in [-0.15, -0.1) is 0 Å². The molecule has 0 heterocycles.